The van der Waals surface area contributed by atoms with E-state index in [4.69, 9.17) is 16.6 Å². The van der Waals surface area contributed by atoms with Crippen molar-refractivity contribution in [2.75, 3.05) is 5.75 Å². The quantitative estimate of drug-likeness (QED) is 0.172. The number of hydrogen-bond donors (Lipinski definition) is 2. The summed E-state index contributed by atoms with van der Waals surface area (Å²) in [4.78, 5) is 32.7. The first kappa shape index (κ1) is 22.6. The van der Waals surface area contributed by atoms with Crippen molar-refractivity contribution in [3.63, 3.8) is 0 Å². The van der Waals surface area contributed by atoms with Gasteiger partial charge in [0.1, 0.15) is 10.6 Å². The zero-order valence-corrected chi connectivity index (χ0v) is 20.2. The number of hydrazone groups is 1. The van der Waals surface area contributed by atoms with Crippen LogP contribution in [0.15, 0.2) is 63.6 Å². The van der Waals surface area contributed by atoms with Crippen LogP contribution in [0.3, 0.4) is 0 Å². The van der Waals surface area contributed by atoms with E-state index in [1.807, 2.05) is 0 Å². The van der Waals surface area contributed by atoms with E-state index in [0.29, 0.717) is 31.6 Å². The number of carbonyl (C=O) groups is 1. The predicted molar refractivity (Wildman–Crippen MR) is 137 cm³/mol. The second-order valence-electron chi connectivity index (χ2n) is 7.69. The number of carbonyl (C=O) groups excluding carboxylic acids is 1. The molecule has 0 saturated carbocycles. The molecule has 172 valence electrons. The van der Waals surface area contributed by atoms with E-state index in [0.717, 1.165) is 36.6 Å². The van der Waals surface area contributed by atoms with Gasteiger partial charge >= 0.3 is 0 Å². The molecule has 4 aromatic rings. The lowest BCUT2D eigenvalue weighted by Crippen LogP contribution is -2.24. The Kier molecular flexibility index (Phi) is 6.40. The molecule has 0 atom stereocenters. The maximum atomic E-state index is 13.6. The zero-order valence-electron chi connectivity index (χ0n) is 17.8. The lowest BCUT2D eigenvalue weighted by molar-refractivity contribution is -0.118. The van der Waals surface area contributed by atoms with Crippen molar-refractivity contribution >= 4 is 57.0 Å². The van der Waals surface area contributed by atoms with E-state index >= 15 is 0 Å². The summed E-state index contributed by atoms with van der Waals surface area (Å²) in [5, 5.41) is 15.4. The fourth-order valence-electron chi connectivity index (χ4n) is 3.87. The Hall–Kier alpha value is -3.14. The van der Waals surface area contributed by atoms with Crippen LogP contribution in [0.2, 0.25) is 5.02 Å². The highest BCUT2D eigenvalue weighted by Gasteiger charge is 2.24. The highest BCUT2D eigenvalue weighted by molar-refractivity contribution is 7.99. The van der Waals surface area contributed by atoms with Crippen LogP contribution in [0.4, 0.5) is 0 Å². The number of hydrogen-bond acceptors (Lipinski definition) is 7. The number of aromatic hydroxyl groups is 1. The average molecular weight is 511 g/mol. The normalized spacial score (nSPS) is 13.0. The second-order valence-corrected chi connectivity index (χ2v) is 10.2. The largest absolute Gasteiger partial charge is 0.507 e. The second kappa shape index (κ2) is 9.61. The molecule has 1 aliphatic carbocycles. The molecule has 7 nitrogen and oxygen atoms in total. The molecule has 0 fully saturated rings. The molecule has 5 rings (SSSR count). The molecule has 1 aliphatic rings. The fraction of sp³-hybridized carbons (Fsp3) is 0.167. The van der Waals surface area contributed by atoms with Crippen molar-refractivity contribution in [3.05, 3.63) is 79.9 Å². The molecule has 2 aromatic carbocycles. The van der Waals surface area contributed by atoms with Crippen LogP contribution < -0.4 is 11.0 Å². The number of phenolic OH excluding ortho intramolecular Hbond substituents is 1. The van der Waals surface area contributed by atoms with Gasteiger partial charge in [-0.2, -0.15) is 5.10 Å². The molecule has 1 amide bonds. The van der Waals surface area contributed by atoms with Crippen LogP contribution in [0.25, 0.3) is 15.9 Å². The van der Waals surface area contributed by atoms with Gasteiger partial charge in [0.25, 0.3) is 11.5 Å². The third-order valence-corrected chi connectivity index (χ3v) is 7.83. The summed E-state index contributed by atoms with van der Waals surface area (Å²) in [5.41, 5.74) is 4.55. The van der Waals surface area contributed by atoms with E-state index in [2.05, 4.69) is 10.5 Å². The number of halogens is 1. The molecule has 0 spiro atoms. The number of para-hydroxylation sites is 1. The summed E-state index contributed by atoms with van der Waals surface area (Å²) in [6.45, 7) is 0. The van der Waals surface area contributed by atoms with Crippen molar-refractivity contribution in [1.29, 1.82) is 0 Å². The third kappa shape index (κ3) is 4.46. The number of nitrogens with zero attached hydrogens (tertiary/aromatic N) is 3. The number of thioether (sulfide) groups is 1. The monoisotopic (exact) mass is 510 g/mol. The molecule has 2 N–H and O–H groups in total. The zero-order chi connectivity index (χ0) is 23.7. The van der Waals surface area contributed by atoms with E-state index in [-0.39, 0.29) is 23.0 Å². The third-order valence-electron chi connectivity index (χ3n) is 5.45. The highest BCUT2D eigenvalue weighted by atomic mass is 35.5. The molecule has 0 saturated heterocycles. The Bertz CT molecular complexity index is 1480. The van der Waals surface area contributed by atoms with Gasteiger partial charge in [-0.15, -0.1) is 11.3 Å². The van der Waals surface area contributed by atoms with Crippen LogP contribution in [0.1, 0.15) is 22.4 Å². The van der Waals surface area contributed by atoms with Crippen LogP contribution in [0.5, 0.6) is 5.75 Å². The van der Waals surface area contributed by atoms with E-state index in [1.54, 1.807) is 58.4 Å². The van der Waals surface area contributed by atoms with Crippen molar-refractivity contribution in [2.45, 2.75) is 24.4 Å². The van der Waals surface area contributed by atoms with Gasteiger partial charge in [0.2, 0.25) is 0 Å². The van der Waals surface area contributed by atoms with E-state index < -0.39 is 0 Å². The molecule has 0 aliphatic heterocycles. The van der Waals surface area contributed by atoms with Gasteiger partial charge in [0.15, 0.2) is 5.16 Å². The van der Waals surface area contributed by atoms with Crippen molar-refractivity contribution in [1.82, 2.24) is 15.0 Å². The minimum absolute atomic E-state index is 0.00867. The molecule has 0 radical (unpaired) electrons. The summed E-state index contributed by atoms with van der Waals surface area (Å²) in [7, 11) is 0. The number of nitrogens with one attached hydrogen (secondary N) is 1. The molecule has 10 heteroatoms. The molecular weight excluding hydrogens is 492 g/mol. The predicted octanol–water partition coefficient (Wildman–Crippen LogP) is 4.54. The van der Waals surface area contributed by atoms with E-state index in [1.165, 1.54) is 17.2 Å². The Morgan fingerprint density at radius 3 is 2.82 bits per heavy atom. The van der Waals surface area contributed by atoms with Crippen molar-refractivity contribution < 1.29 is 9.90 Å². The smallest absolute Gasteiger partial charge is 0.267 e. The van der Waals surface area contributed by atoms with Gasteiger partial charge in [-0.3, -0.25) is 14.2 Å². The molecule has 2 aromatic heterocycles. The minimum Gasteiger partial charge on any atom is -0.507 e. The van der Waals surface area contributed by atoms with Gasteiger partial charge < -0.3 is 5.11 Å². The van der Waals surface area contributed by atoms with Gasteiger partial charge in [-0.1, -0.05) is 35.5 Å². The number of aryl methyl sites for hydroxylation is 2. The molecular formula is C24H19ClN4O3S2. The van der Waals surface area contributed by atoms with Crippen LogP contribution >= 0.6 is 34.7 Å². The van der Waals surface area contributed by atoms with Gasteiger partial charge in [-0.05, 0) is 61.2 Å². The summed E-state index contributed by atoms with van der Waals surface area (Å²) in [6, 6.07) is 13.7. The van der Waals surface area contributed by atoms with Gasteiger partial charge in [-0.25, -0.2) is 10.4 Å². The lowest BCUT2D eigenvalue weighted by Gasteiger charge is -2.12. The van der Waals surface area contributed by atoms with Crippen molar-refractivity contribution in [3.8, 4) is 11.4 Å². The van der Waals surface area contributed by atoms with Crippen LogP contribution in [0, 0.1) is 0 Å². The summed E-state index contributed by atoms with van der Waals surface area (Å²) >= 11 is 8.77. The number of aromatic nitrogens is 2. The molecule has 0 unspecified atom stereocenters. The van der Waals surface area contributed by atoms with Crippen molar-refractivity contribution in [2.24, 2.45) is 5.10 Å². The maximum Gasteiger partial charge on any atom is 0.267 e. The van der Waals surface area contributed by atoms with Gasteiger partial charge in [0, 0.05) is 15.5 Å². The highest BCUT2D eigenvalue weighted by Crippen LogP contribution is 2.36. The fourth-order valence-corrected chi connectivity index (χ4v) is 6.11. The SMILES string of the molecule is O=C(CSc1nc2sc3c(c2c(=O)n1-c1ccc(Cl)cc1)CCC3)N/N=C/c1ccccc1O. The average Bonchev–Trinajstić information content (AvgIpc) is 3.41. The summed E-state index contributed by atoms with van der Waals surface area (Å²) < 4.78 is 1.55. The topological polar surface area (TPSA) is 96.6 Å². The number of amides is 1. The number of thiophene rings is 1. The number of fused-ring (bicyclic) bond motifs is 3. The first-order valence-corrected chi connectivity index (χ1v) is 12.7. The molecule has 0 bridgehead atoms. The Labute approximate surface area is 208 Å². The lowest BCUT2D eigenvalue weighted by atomic mass is 10.2. The first-order valence-electron chi connectivity index (χ1n) is 10.6. The summed E-state index contributed by atoms with van der Waals surface area (Å²) in [6.07, 6.45) is 4.28. The molecule has 2 heterocycles. The number of phenols is 1. The van der Waals surface area contributed by atoms with Gasteiger partial charge in [0.05, 0.1) is 23.0 Å². The number of benzene rings is 2. The minimum atomic E-state index is -0.359. The first-order chi connectivity index (χ1) is 16.5. The Balaban J connectivity index is 1.42. The standard InChI is InChI=1S/C24H19ClN4O3S2/c25-15-8-10-16(11-9-15)29-23(32)21-17-5-3-7-19(17)34-22(21)27-24(29)33-13-20(31)28-26-12-14-4-1-2-6-18(14)30/h1-2,4,6,8-12,30H,3,5,7,13H2,(H,28,31)/b26-12+. The molecule has 34 heavy (non-hydrogen) atoms. The Morgan fingerprint density at radius 2 is 2.03 bits per heavy atom. The van der Waals surface area contributed by atoms with Crippen LogP contribution in [-0.2, 0) is 17.6 Å². The number of rotatable bonds is 6. The maximum absolute atomic E-state index is 13.6. The van der Waals surface area contributed by atoms with E-state index in [9.17, 15) is 14.7 Å². The Morgan fingerprint density at radius 1 is 1.24 bits per heavy atom. The van der Waals surface area contributed by atoms with Crippen LogP contribution in [-0.4, -0.2) is 32.5 Å². The summed E-state index contributed by atoms with van der Waals surface area (Å²) in [5.74, 6) is -0.279.